The van der Waals surface area contributed by atoms with Crippen LogP contribution < -0.4 is 10.5 Å². The Morgan fingerprint density at radius 3 is 2.31 bits per heavy atom. The van der Waals surface area contributed by atoms with E-state index in [1.165, 1.54) is 13.2 Å². The van der Waals surface area contributed by atoms with Gasteiger partial charge >= 0.3 is 6.09 Å². The summed E-state index contributed by atoms with van der Waals surface area (Å²) in [6.45, 7) is 5.47. The Labute approximate surface area is 174 Å². The summed E-state index contributed by atoms with van der Waals surface area (Å²) < 4.78 is 25.4. The minimum absolute atomic E-state index is 0.0352. The van der Waals surface area contributed by atoms with Crippen LogP contribution in [-0.4, -0.2) is 19.5 Å². The van der Waals surface area contributed by atoms with Crippen LogP contribution in [0.3, 0.4) is 0 Å². The molecule has 0 spiro atoms. The van der Waals surface area contributed by atoms with Crippen molar-refractivity contribution >= 4 is 24.0 Å². The highest BCUT2D eigenvalue weighted by Crippen LogP contribution is 2.49. The van der Waals surface area contributed by atoms with E-state index >= 15 is 0 Å². The van der Waals surface area contributed by atoms with Crippen molar-refractivity contribution in [2.75, 3.05) is 7.11 Å². The van der Waals surface area contributed by atoms with Gasteiger partial charge in [0.15, 0.2) is 5.60 Å². The topological polar surface area (TPSA) is 78.6 Å². The minimum atomic E-state index is -1.46. The molecular weight excluding hydrogens is 397 g/mol. The monoisotopic (exact) mass is 421 g/mol. The zero-order valence-corrected chi connectivity index (χ0v) is 17.6. The number of aldehydes is 1. The Kier molecular flexibility index (Phi) is 6.90. The van der Waals surface area contributed by atoms with Gasteiger partial charge in [-0.3, -0.25) is 0 Å². The fraction of sp³-hybridized carbons (Fsp3) is 0.364. The number of rotatable bonds is 7. The molecule has 2 atom stereocenters. The average Bonchev–Trinajstić information content (AvgIpc) is 2.66. The fourth-order valence-corrected chi connectivity index (χ4v) is 3.91. The average molecular weight is 422 g/mol. The largest absolute Gasteiger partial charge is 0.497 e. The van der Waals surface area contributed by atoms with Crippen LogP contribution in [-0.2, 0) is 21.6 Å². The summed E-state index contributed by atoms with van der Waals surface area (Å²) >= 11 is 5.90. The number of carbonyl (C=O) groups excluding carboxylic acids is 2. The number of nitrogens with two attached hydrogens (primary N) is 1. The van der Waals surface area contributed by atoms with Gasteiger partial charge in [0.25, 0.3) is 0 Å². The van der Waals surface area contributed by atoms with Crippen LogP contribution in [0.5, 0.6) is 5.75 Å². The minimum Gasteiger partial charge on any atom is -0.497 e. The Hall–Kier alpha value is -2.60. The molecule has 2 unspecified atom stereocenters. The number of primary amides is 1. The number of benzene rings is 2. The van der Waals surface area contributed by atoms with E-state index in [1.54, 1.807) is 36.4 Å². The molecule has 5 nitrogen and oxygen atoms in total. The van der Waals surface area contributed by atoms with Crippen LogP contribution in [0.15, 0.2) is 42.5 Å². The van der Waals surface area contributed by atoms with Gasteiger partial charge in [-0.15, -0.1) is 0 Å². The smallest absolute Gasteiger partial charge is 0.405 e. The SMILES string of the molecule is COc1ccc(C(OC(N)=O)(C(C=O)Cc2cccc(Cl)c2F)C(C)(C)C)cc1. The predicted octanol–water partition coefficient (Wildman–Crippen LogP) is 4.88. The van der Waals surface area contributed by atoms with E-state index < -0.39 is 28.8 Å². The van der Waals surface area contributed by atoms with Crippen LogP contribution in [0.1, 0.15) is 31.9 Å². The lowest BCUT2D eigenvalue weighted by Gasteiger charge is -2.47. The highest BCUT2D eigenvalue weighted by atomic mass is 35.5. The van der Waals surface area contributed by atoms with E-state index in [0.29, 0.717) is 17.6 Å². The van der Waals surface area contributed by atoms with Gasteiger partial charge in [0.05, 0.1) is 18.1 Å². The number of halogens is 2. The van der Waals surface area contributed by atoms with Crippen molar-refractivity contribution in [2.45, 2.75) is 32.8 Å². The summed E-state index contributed by atoms with van der Waals surface area (Å²) in [4.78, 5) is 24.2. The van der Waals surface area contributed by atoms with Crippen LogP contribution in [0.2, 0.25) is 5.02 Å². The predicted molar refractivity (Wildman–Crippen MR) is 109 cm³/mol. The number of hydrogen-bond acceptors (Lipinski definition) is 4. The first-order chi connectivity index (χ1) is 13.6. The molecule has 0 fully saturated rings. The van der Waals surface area contributed by atoms with E-state index in [0.717, 1.165) is 0 Å². The molecular formula is C22H25ClFNO4. The molecule has 7 heteroatoms. The van der Waals surface area contributed by atoms with Crippen molar-refractivity contribution in [1.29, 1.82) is 0 Å². The number of carbonyl (C=O) groups is 2. The molecule has 2 rings (SSSR count). The molecule has 29 heavy (non-hydrogen) atoms. The lowest BCUT2D eigenvalue weighted by Crippen LogP contribution is -2.52. The maximum Gasteiger partial charge on any atom is 0.405 e. The van der Waals surface area contributed by atoms with Gasteiger partial charge in [-0.1, -0.05) is 56.6 Å². The Morgan fingerprint density at radius 2 is 1.83 bits per heavy atom. The first-order valence-electron chi connectivity index (χ1n) is 9.08. The summed E-state index contributed by atoms with van der Waals surface area (Å²) in [6.07, 6.45) is -0.403. The summed E-state index contributed by atoms with van der Waals surface area (Å²) in [7, 11) is 1.53. The summed E-state index contributed by atoms with van der Waals surface area (Å²) in [5, 5.41) is -0.0474. The lowest BCUT2D eigenvalue weighted by molar-refractivity contribution is -0.138. The zero-order valence-electron chi connectivity index (χ0n) is 16.9. The molecule has 0 aromatic heterocycles. The molecule has 0 saturated heterocycles. The van der Waals surface area contributed by atoms with E-state index in [1.807, 2.05) is 20.8 Å². The number of hydrogen-bond donors (Lipinski definition) is 1. The molecule has 1 amide bonds. The maximum atomic E-state index is 14.5. The molecule has 0 aliphatic heterocycles. The van der Waals surface area contributed by atoms with Crippen LogP contribution in [0, 0.1) is 17.2 Å². The fourth-order valence-electron chi connectivity index (χ4n) is 3.72. The van der Waals surface area contributed by atoms with Crippen LogP contribution in [0.4, 0.5) is 9.18 Å². The van der Waals surface area contributed by atoms with Crippen molar-refractivity contribution in [3.8, 4) is 5.75 Å². The number of ether oxygens (including phenoxy) is 2. The van der Waals surface area contributed by atoms with Gasteiger partial charge in [0.2, 0.25) is 0 Å². The van der Waals surface area contributed by atoms with Gasteiger partial charge in [-0.25, -0.2) is 9.18 Å². The highest BCUT2D eigenvalue weighted by Gasteiger charge is 2.53. The quantitative estimate of drug-likeness (QED) is 0.646. The Balaban J connectivity index is 2.69. The standard InChI is InChI=1S/C22H25ClFNO4/c1-21(2,3)22(29-20(25)27,15-8-10-17(28-4)11-9-15)16(13-26)12-14-6-5-7-18(23)19(14)24/h5-11,13,16H,12H2,1-4H3,(H2,25,27). The molecule has 2 aromatic carbocycles. The molecule has 2 aromatic rings. The van der Waals surface area contributed by atoms with E-state index in [4.69, 9.17) is 26.8 Å². The Bertz CT molecular complexity index is 879. The van der Waals surface area contributed by atoms with Gasteiger partial charge in [-0.05, 0) is 35.7 Å². The molecule has 0 heterocycles. The molecule has 0 bridgehead atoms. The first-order valence-corrected chi connectivity index (χ1v) is 9.45. The molecule has 0 aliphatic carbocycles. The van der Waals surface area contributed by atoms with Crippen LogP contribution >= 0.6 is 11.6 Å². The maximum absolute atomic E-state index is 14.5. The van der Waals surface area contributed by atoms with Crippen molar-refractivity contribution in [1.82, 2.24) is 0 Å². The third-order valence-corrected chi connectivity index (χ3v) is 5.34. The van der Waals surface area contributed by atoms with Gasteiger partial charge in [0, 0.05) is 5.41 Å². The number of methoxy groups -OCH3 is 1. The molecule has 0 aliphatic rings. The van der Waals surface area contributed by atoms with E-state index in [-0.39, 0.29) is 17.0 Å². The third kappa shape index (κ3) is 4.53. The van der Waals surface area contributed by atoms with Crippen molar-refractivity contribution in [3.05, 3.63) is 64.4 Å². The summed E-state index contributed by atoms with van der Waals surface area (Å²) in [6, 6.07) is 11.4. The van der Waals surface area contributed by atoms with E-state index in [9.17, 15) is 14.0 Å². The Morgan fingerprint density at radius 1 is 1.21 bits per heavy atom. The van der Waals surface area contributed by atoms with Gasteiger partial charge in [0.1, 0.15) is 17.9 Å². The highest BCUT2D eigenvalue weighted by molar-refractivity contribution is 6.30. The second-order valence-electron chi connectivity index (χ2n) is 7.79. The third-order valence-electron chi connectivity index (χ3n) is 5.05. The molecule has 0 radical (unpaired) electrons. The molecule has 2 N–H and O–H groups in total. The van der Waals surface area contributed by atoms with Crippen molar-refractivity contribution in [3.63, 3.8) is 0 Å². The lowest BCUT2D eigenvalue weighted by atomic mass is 9.64. The zero-order chi connectivity index (χ0) is 21.8. The van der Waals surface area contributed by atoms with Crippen molar-refractivity contribution < 1.29 is 23.5 Å². The van der Waals surface area contributed by atoms with E-state index in [2.05, 4.69) is 0 Å². The summed E-state index contributed by atoms with van der Waals surface area (Å²) in [5.74, 6) is -0.951. The summed E-state index contributed by atoms with van der Waals surface area (Å²) in [5.41, 5.74) is 3.97. The second kappa shape index (κ2) is 8.82. The number of amides is 1. The van der Waals surface area contributed by atoms with Crippen molar-refractivity contribution in [2.24, 2.45) is 17.1 Å². The first kappa shape index (κ1) is 22.7. The van der Waals surface area contributed by atoms with Crippen LogP contribution in [0.25, 0.3) is 0 Å². The normalized spacial score (nSPS) is 14.6. The molecule has 156 valence electrons. The second-order valence-corrected chi connectivity index (χ2v) is 8.20. The molecule has 0 saturated carbocycles. The van der Waals surface area contributed by atoms with Gasteiger partial charge in [-0.2, -0.15) is 0 Å². The van der Waals surface area contributed by atoms with Gasteiger partial charge < -0.3 is 20.0 Å².